The van der Waals surface area contributed by atoms with Crippen LogP contribution in [-0.2, 0) is 4.74 Å². The fraction of sp³-hybridized carbons (Fsp3) is 0.190. The highest BCUT2D eigenvalue weighted by atomic mass is 35.5. The third kappa shape index (κ3) is 4.23. The molecule has 1 heterocycles. The van der Waals surface area contributed by atoms with E-state index in [-0.39, 0.29) is 0 Å². The van der Waals surface area contributed by atoms with Crippen LogP contribution in [-0.4, -0.2) is 29.1 Å². The molecule has 28 heavy (non-hydrogen) atoms. The lowest BCUT2D eigenvalue weighted by Crippen LogP contribution is -2.07. The van der Waals surface area contributed by atoms with Crippen molar-refractivity contribution in [1.82, 2.24) is 9.97 Å². The molecule has 2 aromatic carbocycles. The lowest BCUT2D eigenvalue weighted by atomic mass is 10.1. The molecule has 0 aliphatic heterocycles. The maximum atomic E-state index is 11.8. The van der Waals surface area contributed by atoms with Crippen molar-refractivity contribution in [3.05, 3.63) is 65.2 Å². The third-order valence-electron chi connectivity index (χ3n) is 4.36. The number of benzene rings is 2. The van der Waals surface area contributed by atoms with Gasteiger partial charge in [-0.05, 0) is 31.0 Å². The van der Waals surface area contributed by atoms with Crippen molar-refractivity contribution in [2.75, 3.05) is 17.7 Å². The van der Waals surface area contributed by atoms with Gasteiger partial charge in [0.25, 0.3) is 0 Å². The molecule has 7 heteroatoms. The van der Waals surface area contributed by atoms with Crippen molar-refractivity contribution in [3.8, 4) is 11.3 Å². The Hall–Kier alpha value is -3.12. The smallest absolute Gasteiger partial charge is 0.337 e. The summed E-state index contributed by atoms with van der Waals surface area (Å²) in [5, 5.41) is 7.00. The number of nitrogens with zero attached hydrogens (tertiary/aromatic N) is 2. The molecule has 0 radical (unpaired) electrons. The van der Waals surface area contributed by atoms with E-state index in [2.05, 4.69) is 20.6 Å². The van der Waals surface area contributed by atoms with Gasteiger partial charge in [0.15, 0.2) is 0 Å². The Morgan fingerprint density at radius 1 is 1.11 bits per heavy atom. The minimum Gasteiger partial charge on any atom is -0.465 e. The van der Waals surface area contributed by atoms with E-state index in [4.69, 9.17) is 16.3 Å². The second-order valence-electron chi connectivity index (χ2n) is 6.56. The van der Waals surface area contributed by atoms with Crippen molar-refractivity contribution < 1.29 is 9.53 Å². The molecule has 0 spiro atoms. The number of carbonyl (C=O) groups is 1. The van der Waals surface area contributed by atoms with Gasteiger partial charge < -0.3 is 15.4 Å². The van der Waals surface area contributed by atoms with Crippen molar-refractivity contribution in [3.63, 3.8) is 0 Å². The fourth-order valence-electron chi connectivity index (χ4n) is 2.76. The summed E-state index contributed by atoms with van der Waals surface area (Å²) in [5.41, 5.74) is 2.71. The van der Waals surface area contributed by atoms with Crippen LogP contribution in [0.5, 0.6) is 0 Å². The first-order valence-electron chi connectivity index (χ1n) is 8.98. The summed E-state index contributed by atoms with van der Waals surface area (Å²) in [5.74, 6) is 0.710. The Bertz CT molecular complexity index is 1010. The first-order valence-corrected chi connectivity index (χ1v) is 9.36. The van der Waals surface area contributed by atoms with Gasteiger partial charge in [0, 0.05) is 17.7 Å². The van der Waals surface area contributed by atoms with Gasteiger partial charge in [-0.15, -0.1) is 0 Å². The van der Waals surface area contributed by atoms with E-state index in [1.165, 1.54) is 7.11 Å². The number of hydrogen-bond donors (Lipinski definition) is 2. The number of esters is 1. The van der Waals surface area contributed by atoms with E-state index in [0.717, 1.165) is 29.9 Å². The molecule has 6 nitrogen and oxygen atoms in total. The number of methoxy groups -OCH3 is 1. The van der Waals surface area contributed by atoms with Crippen LogP contribution in [0.4, 0.5) is 17.5 Å². The van der Waals surface area contributed by atoms with Crippen molar-refractivity contribution in [1.29, 1.82) is 0 Å². The SMILES string of the molecule is COC(=O)c1ccc(Cl)c(Nc2nc(NC3CC3)cc(-c3ccccc3)n2)c1. The first kappa shape index (κ1) is 18.3. The molecule has 3 aromatic rings. The van der Waals surface area contributed by atoms with E-state index in [1.54, 1.807) is 18.2 Å². The van der Waals surface area contributed by atoms with E-state index < -0.39 is 5.97 Å². The van der Waals surface area contributed by atoms with Crippen molar-refractivity contribution in [2.24, 2.45) is 0 Å². The molecule has 4 rings (SSSR count). The molecular weight excluding hydrogens is 376 g/mol. The number of aromatic nitrogens is 2. The Morgan fingerprint density at radius 3 is 2.61 bits per heavy atom. The highest BCUT2D eigenvalue weighted by molar-refractivity contribution is 6.33. The largest absolute Gasteiger partial charge is 0.465 e. The Morgan fingerprint density at radius 2 is 1.89 bits per heavy atom. The molecule has 2 N–H and O–H groups in total. The summed E-state index contributed by atoms with van der Waals surface area (Å²) in [6.45, 7) is 0. The highest BCUT2D eigenvalue weighted by Gasteiger charge is 2.22. The average Bonchev–Trinajstić information content (AvgIpc) is 3.53. The van der Waals surface area contributed by atoms with Gasteiger partial charge in [-0.3, -0.25) is 0 Å². The molecule has 1 fully saturated rings. The monoisotopic (exact) mass is 394 g/mol. The minimum atomic E-state index is -0.435. The van der Waals surface area contributed by atoms with Crippen LogP contribution in [0, 0.1) is 0 Å². The zero-order valence-corrected chi connectivity index (χ0v) is 16.0. The van der Waals surface area contributed by atoms with Gasteiger partial charge in [0.2, 0.25) is 5.95 Å². The van der Waals surface area contributed by atoms with Crippen LogP contribution in [0.25, 0.3) is 11.3 Å². The fourth-order valence-corrected chi connectivity index (χ4v) is 2.92. The Labute approximate surface area is 167 Å². The Balaban J connectivity index is 1.69. The van der Waals surface area contributed by atoms with Gasteiger partial charge in [0.05, 0.1) is 29.1 Å². The molecule has 1 aliphatic rings. The molecule has 0 bridgehead atoms. The lowest BCUT2D eigenvalue weighted by Gasteiger charge is -2.12. The van der Waals surface area contributed by atoms with Gasteiger partial charge >= 0.3 is 5.97 Å². The minimum absolute atomic E-state index is 0.393. The molecule has 142 valence electrons. The van der Waals surface area contributed by atoms with Gasteiger partial charge in [0.1, 0.15) is 5.82 Å². The summed E-state index contributed by atoms with van der Waals surface area (Å²) >= 11 is 6.30. The predicted molar refractivity (Wildman–Crippen MR) is 110 cm³/mol. The summed E-state index contributed by atoms with van der Waals surface area (Å²) in [6, 6.07) is 17.2. The van der Waals surface area contributed by atoms with E-state index in [9.17, 15) is 4.79 Å². The Kier molecular flexibility index (Phi) is 5.12. The number of hydrogen-bond acceptors (Lipinski definition) is 6. The molecule has 0 saturated heterocycles. The zero-order valence-electron chi connectivity index (χ0n) is 15.3. The number of nitrogens with one attached hydrogen (secondary N) is 2. The van der Waals surface area contributed by atoms with Crippen LogP contribution in [0.1, 0.15) is 23.2 Å². The molecule has 0 amide bonds. The lowest BCUT2D eigenvalue weighted by molar-refractivity contribution is 0.0601. The van der Waals surface area contributed by atoms with E-state index in [1.807, 2.05) is 36.4 Å². The normalized spacial score (nSPS) is 13.1. The zero-order chi connectivity index (χ0) is 19.5. The number of rotatable bonds is 6. The molecule has 0 unspecified atom stereocenters. The summed E-state index contributed by atoms with van der Waals surface area (Å²) in [7, 11) is 1.34. The van der Waals surface area contributed by atoms with Crippen LogP contribution in [0.2, 0.25) is 5.02 Å². The molecule has 1 aromatic heterocycles. The van der Waals surface area contributed by atoms with E-state index in [0.29, 0.717) is 28.3 Å². The number of halogens is 1. The quantitative estimate of drug-likeness (QED) is 0.579. The summed E-state index contributed by atoms with van der Waals surface area (Å²) < 4.78 is 4.78. The number of carbonyl (C=O) groups excluding carboxylic acids is 1. The molecule has 0 atom stereocenters. The van der Waals surface area contributed by atoms with Crippen molar-refractivity contribution >= 4 is 35.0 Å². The highest BCUT2D eigenvalue weighted by Crippen LogP contribution is 2.30. The first-order chi connectivity index (χ1) is 13.6. The van der Waals surface area contributed by atoms with Crippen molar-refractivity contribution in [2.45, 2.75) is 18.9 Å². The third-order valence-corrected chi connectivity index (χ3v) is 4.69. The number of anilines is 3. The maximum Gasteiger partial charge on any atom is 0.337 e. The van der Waals surface area contributed by atoms with Crippen LogP contribution in [0.3, 0.4) is 0 Å². The van der Waals surface area contributed by atoms with Crippen LogP contribution < -0.4 is 10.6 Å². The molecule has 1 aliphatic carbocycles. The maximum absolute atomic E-state index is 11.8. The van der Waals surface area contributed by atoms with Gasteiger partial charge in [-0.25, -0.2) is 9.78 Å². The van der Waals surface area contributed by atoms with Gasteiger partial charge in [-0.1, -0.05) is 41.9 Å². The van der Waals surface area contributed by atoms with E-state index >= 15 is 0 Å². The topological polar surface area (TPSA) is 76.1 Å². The van der Waals surface area contributed by atoms with Gasteiger partial charge in [-0.2, -0.15) is 4.98 Å². The standard InChI is InChI=1S/C21H19ClN4O2/c1-28-20(27)14-7-10-16(22)18(11-14)25-21-24-17(13-5-3-2-4-6-13)12-19(26-21)23-15-8-9-15/h2-7,10-12,15H,8-9H2,1H3,(H2,23,24,25,26). The van der Waals surface area contributed by atoms with Crippen LogP contribution in [0.15, 0.2) is 54.6 Å². The summed E-state index contributed by atoms with van der Waals surface area (Å²) in [4.78, 5) is 21.0. The predicted octanol–water partition coefficient (Wildman–Crippen LogP) is 4.90. The molecular formula is C21H19ClN4O2. The average molecular weight is 395 g/mol. The number of ether oxygens (including phenoxy) is 1. The summed E-state index contributed by atoms with van der Waals surface area (Å²) in [6.07, 6.45) is 2.28. The second kappa shape index (κ2) is 7.86. The van der Waals surface area contributed by atoms with Crippen LogP contribution >= 0.6 is 11.6 Å². The second-order valence-corrected chi connectivity index (χ2v) is 6.97. The molecule has 1 saturated carbocycles.